The number of alkyl halides is 1. The topological polar surface area (TPSA) is 33.1 Å². The summed E-state index contributed by atoms with van der Waals surface area (Å²) >= 11 is 3.38. The van der Waals surface area contributed by atoms with Crippen LogP contribution in [0.4, 0.5) is 4.39 Å². The molecule has 0 amide bonds. The van der Waals surface area contributed by atoms with Crippen LogP contribution in [-0.2, 0) is 4.74 Å². The summed E-state index contributed by atoms with van der Waals surface area (Å²) in [6.45, 7) is 5.18. The lowest BCUT2D eigenvalue weighted by atomic mass is 10.1. The van der Waals surface area contributed by atoms with Crippen LogP contribution in [0.25, 0.3) is 0 Å². The molecule has 0 spiro atoms. The Morgan fingerprint density at radius 1 is 1.35 bits per heavy atom. The molecule has 0 radical (unpaired) electrons. The second-order valence-corrected chi connectivity index (χ2v) is 5.95. The van der Waals surface area contributed by atoms with Crippen LogP contribution in [0.2, 0.25) is 0 Å². The predicted molar refractivity (Wildman–Crippen MR) is 98.6 cm³/mol. The van der Waals surface area contributed by atoms with Gasteiger partial charge in [0.1, 0.15) is 6.10 Å². The molecule has 1 unspecified atom stereocenters. The first-order chi connectivity index (χ1) is 11.1. The first kappa shape index (κ1) is 19.4. The summed E-state index contributed by atoms with van der Waals surface area (Å²) in [7, 11) is 0. The fraction of sp³-hybridized carbons (Fsp3) is 0.316. The molecule has 124 valence electrons. The maximum Gasteiger partial charge on any atom is 0.185 e. The van der Waals surface area contributed by atoms with Gasteiger partial charge in [-0.15, -0.1) is 0 Å². The van der Waals surface area contributed by atoms with E-state index in [0.717, 1.165) is 22.0 Å². The first-order valence-corrected chi connectivity index (χ1v) is 8.42. The Kier molecular flexibility index (Phi) is 9.22. The fourth-order valence-corrected chi connectivity index (χ4v) is 2.33. The van der Waals surface area contributed by atoms with Gasteiger partial charge in [0, 0.05) is 17.3 Å². The monoisotopic (exact) mass is 379 g/mol. The summed E-state index contributed by atoms with van der Waals surface area (Å²) in [5, 5.41) is 8.06. The van der Waals surface area contributed by atoms with Gasteiger partial charge < -0.3 is 4.74 Å². The average molecular weight is 380 g/mol. The Labute approximate surface area is 146 Å². The number of nitrogens with one attached hydrogen (secondary N) is 1. The lowest BCUT2D eigenvalue weighted by molar-refractivity contribution is 0.163. The van der Waals surface area contributed by atoms with Gasteiger partial charge in [-0.3, -0.25) is 9.80 Å². The molecule has 23 heavy (non-hydrogen) atoms. The molecule has 1 N–H and O–H groups in total. The van der Waals surface area contributed by atoms with Gasteiger partial charge >= 0.3 is 0 Å². The molecule has 0 saturated carbocycles. The minimum absolute atomic E-state index is 0.159. The molecule has 2 nitrogen and oxygen atoms in total. The van der Waals surface area contributed by atoms with Gasteiger partial charge in [-0.05, 0) is 24.1 Å². The van der Waals surface area contributed by atoms with Gasteiger partial charge in [0.15, 0.2) is 5.90 Å². The zero-order valence-electron chi connectivity index (χ0n) is 13.4. The van der Waals surface area contributed by atoms with E-state index in [1.54, 1.807) is 6.08 Å². The molecule has 4 heteroatoms. The Hall–Kier alpha value is -1.68. The molecule has 0 heterocycles. The molecule has 0 aromatic heterocycles. The third-order valence-electron chi connectivity index (χ3n) is 3.32. The smallest absolute Gasteiger partial charge is 0.185 e. The van der Waals surface area contributed by atoms with Crippen molar-refractivity contribution in [1.29, 1.82) is 5.41 Å². The van der Waals surface area contributed by atoms with E-state index < -0.39 is 12.8 Å². The van der Waals surface area contributed by atoms with Crippen LogP contribution in [0.5, 0.6) is 0 Å². The lowest BCUT2D eigenvalue weighted by Crippen LogP contribution is -2.12. The molecule has 0 aliphatic carbocycles. The SMILES string of the molecule is C=C/C=C\C=C(/CC)CC(=N)OC(CCF)c1ccc(Br)cc1. The van der Waals surface area contributed by atoms with Crippen LogP contribution in [0.1, 0.15) is 37.9 Å². The van der Waals surface area contributed by atoms with E-state index >= 15 is 0 Å². The predicted octanol–water partition coefficient (Wildman–Crippen LogP) is 6.31. The molecular formula is C19H23BrFNO. The van der Waals surface area contributed by atoms with Crippen molar-refractivity contribution in [1.82, 2.24) is 0 Å². The van der Waals surface area contributed by atoms with Crippen LogP contribution in [0.15, 0.2) is 65.2 Å². The highest BCUT2D eigenvalue weighted by Gasteiger charge is 2.15. The fourth-order valence-electron chi connectivity index (χ4n) is 2.06. The minimum Gasteiger partial charge on any atom is -0.473 e. The molecular weight excluding hydrogens is 357 g/mol. The number of ether oxygens (including phenoxy) is 1. The largest absolute Gasteiger partial charge is 0.473 e. The van der Waals surface area contributed by atoms with Crippen LogP contribution < -0.4 is 0 Å². The van der Waals surface area contributed by atoms with Crippen molar-refractivity contribution >= 4 is 21.8 Å². The molecule has 0 bridgehead atoms. The number of allylic oxidation sites excluding steroid dienone is 4. The van der Waals surface area contributed by atoms with E-state index in [2.05, 4.69) is 22.5 Å². The van der Waals surface area contributed by atoms with Gasteiger partial charge in [0.05, 0.1) is 6.67 Å². The number of rotatable bonds is 9. The highest BCUT2D eigenvalue weighted by molar-refractivity contribution is 9.10. The molecule has 1 aromatic rings. The highest BCUT2D eigenvalue weighted by atomic mass is 79.9. The molecule has 1 atom stereocenters. The second kappa shape index (κ2) is 10.9. The van der Waals surface area contributed by atoms with Crippen molar-refractivity contribution in [3.05, 3.63) is 70.8 Å². The Morgan fingerprint density at radius 2 is 2.04 bits per heavy atom. The van der Waals surface area contributed by atoms with Crippen LogP contribution in [0, 0.1) is 5.41 Å². The van der Waals surface area contributed by atoms with Crippen molar-refractivity contribution in [3.63, 3.8) is 0 Å². The van der Waals surface area contributed by atoms with Gasteiger partial charge in [0.25, 0.3) is 0 Å². The number of halogens is 2. The van der Waals surface area contributed by atoms with Gasteiger partial charge in [-0.25, -0.2) is 0 Å². The number of hydrogen-bond acceptors (Lipinski definition) is 2. The van der Waals surface area contributed by atoms with Gasteiger partial charge in [-0.2, -0.15) is 0 Å². The summed E-state index contributed by atoms with van der Waals surface area (Å²) in [6.07, 6.45) is 8.48. The van der Waals surface area contributed by atoms with Crippen molar-refractivity contribution in [2.45, 2.75) is 32.3 Å². The van der Waals surface area contributed by atoms with Crippen LogP contribution >= 0.6 is 15.9 Å². The molecule has 0 aliphatic heterocycles. The van der Waals surface area contributed by atoms with E-state index in [9.17, 15) is 4.39 Å². The first-order valence-electron chi connectivity index (χ1n) is 7.63. The second-order valence-electron chi connectivity index (χ2n) is 5.03. The summed E-state index contributed by atoms with van der Waals surface area (Å²) < 4.78 is 19.5. The van der Waals surface area contributed by atoms with Crippen molar-refractivity contribution in [2.24, 2.45) is 0 Å². The molecule has 1 aromatic carbocycles. The molecule has 0 aliphatic rings. The van der Waals surface area contributed by atoms with Crippen molar-refractivity contribution in [3.8, 4) is 0 Å². The zero-order valence-corrected chi connectivity index (χ0v) is 15.0. The van der Waals surface area contributed by atoms with Crippen molar-refractivity contribution in [2.75, 3.05) is 6.67 Å². The summed E-state index contributed by atoms with van der Waals surface area (Å²) in [5.41, 5.74) is 1.96. The number of hydrogen-bond donors (Lipinski definition) is 1. The summed E-state index contributed by atoms with van der Waals surface area (Å²) in [6, 6.07) is 7.57. The lowest BCUT2D eigenvalue weighted by Gasteiger charge is -2.19. The maximum absolute atomic E-state index is 12.8. The number of benzene rings is 1. The van der Waals surface area contributed by atoms with Crippen LogP contribution in [-0.4, -0.2) is 12.6 Å². The van der Waals surface area contributed by atoms with Gasteiger partial charge in [0.2, 0.25) is 0 Å². The summed E-state index contributed by atoms with van der Waals surface area (Å²) in [4.78, 5) is 0. The van der Waals surface area contributed by atoms with Crippen molar-refractivity contribution < 1.29 is 9.13 Å². The minimum atomic E-state index is -0.480. The van der Waals surface area contributed by atoms with Gasteiger partial charge in [-0.1, -0.05) is 71.4 Å². The molecule has 1 rings (SSSR count). The van der Waals surface area contributed by atoms with E-state index in [0.29, 0.717) is 6.42 Å². The Balaban J connectivity index is 2.73. The highest BCUT2D eigenvalue weighted by Crippen LogP contribution is 2.25. The third kappa shape index (κ3) is 7.42. The molecule has 0 saturated heterocycles. The Morgan fingerprint density at radius 3 is 2.61 bits per heavy atom. The zero-order chi connectivity index (χ0) is 17.1. The molecule has 0 fully saturated rings. The quantitative estimate of drug-likeness (QED) is 0.304. The Bertz CT molecular complexity index is 563. The van der Waals surface area contributed by atoms with Crippen LogP contribution in [0.3, 0.4) is 0 Å². The van der Waals surface area contributed by atoms with E-state index in [4.69, 9.17) is 10.1 Å². The third-order valence-corrected chi connectivity index (χ3v) is 3.85. The van der Waals surface area contributed by atoms with E-state index in [1.807, 2.05) is 49.4 Å². The average Bonchev–Trinajstić information content (AvgIpc) is 2.54. The summed E-state index contributed by atoms with van der Waals surface area (Å²) in [5.74, 6) is 0.159. The maximum atomic E-state index is 12.8. The standard InChI is InChI=1S/C19H23BrFNO/c1-3-5-6-7-15(4-2)14-19(22)23-18(12-13-21)16-8-10-17(20)11-9-16/h3,5-11,18,22H,1,4,12-14H2,2H3/b6-5-,15-7+,22-19?. The normalized spacial score (nSPS) is 13.1. The van der Waals surface area contributed by atoms with E-state index in [-0.39, 0.29) is 12.3 Å². The van der Waals surface area contributed by atoms with E-state index in [1.165, 1.54) is 0 Å².